The van der Waals surface area contributed by atoms with Gasteiger partial charge in [-0.2, -0.15) is 0 Å². The zero-order valence-electron chi connectivity index (χ0n) is 12.0. The molecule has 4 nitrogen and oxygen atoms in total. The Bertz CT molecular complexity index is 607. The van der Waals surface area contributed by atoms with Gasteiger partial charge < -0.3 is 10.5 Å². The first-order valence-corrected chi connectivity index (χ1v) is 7.03. The van der Waals surface area contributed by atoms with Crippen LogP contribution in [0.4, 0.5) is 4.39 Å². The van der Waals surface area contributed by atoms with E-state index in [1.54, 1.807) is 12.1 Å². The molecule has 6 heteroatoms. The Morgan fingerprint density at radius 1 is 1.35 bits per heavy atom. The Morgan fingerprint density at radius 3 is 2.60 bits per heavy atom. The summed E-state index contributed by atoms with van der Waals surface area (Å²) in [6.07, 6.45) is 0. The highest BCUT2D eigenvalue weighted by atomic mass is 32.1. The second-order valence-corrected chi connectivity index (χ2v) is 6.39. The van der Waals surface area contributed by atoms with E-state index in [1.807, 2.05) is 0 Å². The standard InChI is InChI=1S/C14H18FN3OS/c1-14(2,3)13-12(20-18-17-13)11(16)8-5-6-10(19-4)9(15)7-8/h5-7,11H,16H2,1-4H3. The third-order valence-corrected chi connectivity index (χ3v) is 3.85. The molecule has 1 atom stereocenters. The van der Waals surface area contributed by atoms with E-state index in [0.29, 0.717) is 5.56 Å². The molecule has 0 fully saturated rings. The molecule has 0 spiro atoms. The van der Waals surface area contributed by atoms with Gasteiger partial charge in [0.05, 0.1) is 23.7 Å². The van der Waals surface area contributed by atoms with Gasteiger partial charge in [-0.3, -0.25) is 0 Å². The summed E-state index contributed by atoms with van der Waals surface area (Å²) in [7, 11) is 1.43. The second kappa shape index (κ2) is 5.46. The molecule has 0 aliphatic carbocycles. The second-order valence-electron chi connectivity index (χ2n) is 5.61. The van der Waals surface area contributed by atoms with Crippen molar-refractivity contribution in [3.05, 3.63) is 40.2 Å². The Balaban J connectivity index is 2.39. The molecule has 108 valence electrons. The van der Waals surface area contributed by atoms with Crippen molar-refractivity contribution < 1.29 is 9.13 Å². The van der Waals surface area contributed by atoms with Crippen LogP contribution in [0.5, 0.6) is 5.75 Å². The first kappa shape index (κ1) is 14.9. The predicted octanol–water partition coefficient (Wildman–Crippen LogP) is 3.03. The highest BCUT2D eigenvalue weighted by Crippen LogP contribution is 2.33. The normalized spacial score (nSPS) is 13.3. The topological polar surface area (TPSA) is 61.0 Å². The molecule has 1 aromatic heterocycles. The number of benzene rings is 1. The monoisotopic (exact) mass is 295 g/mol. The molecule has 1 heterocycles. The van der Waals surface area contributed by atoms with Crippen LogP contribution in [0, 0.1) is 5.82 Å². The number of aromatic nitrogens is 2. The molecule has 0 saturated heterocycles. The van der Waals surface area contributed by atoms with Crippen molar-refractivity contribution in [2.24, 2.45) is 5.73 Å². The molecule has 2 rings (SSSR count). The number of halogens is 1. The maximum atomic E-state index is 13.8. The number of nitrogens with two attached hydrogens (primary N) is 1. The maximum Gasteiger partial charge on any atom is 0.165 e. The lowest BCUT2D eigenvalue weighted by Gasteiger charge is -2.19. The van der Waals surface area contributed by atoms with E-state index in [0.717, 1.165) is 10.6 Å². The molecular weight excluding hydrogens is 277 g/mol. The lowest BCUT2D eigenvalue weighted by Crippen LogP contribution is -2.19. The van der Waals surface area contributed by atoms with E-state index in [-0.39, 0.29) is 11.2 Å². The van der Waals surface area contributed by atoms with E-state index >= 15 is 0 Å². The van der Waals surface area contributed by atoms with E-state index in [4.69, 9.17) is 10.5 Å². The van der Waals surface area contributed by atoms with Gasteiger partial charge in [0.2, 0.25) is 0 Å². The smallest absolute Gasteiger partial charge is 0.165 e. The van der Waals surface area contributed by atoms with Crippen LogP contribution in [0.1, 0.15) is 42.9 Å². The van der Waals surface area contributed by atoms with Gasteiger partial charge in [-0.1, -0.05) is 31.3 Å². The number of nitrogens with zero attached hydrogens (tertiary/aromatic N) is 2. The molecule has 0 saturated carbocycles. The van der Waals surface area contributed by atoms with Crippen LogP contribution in [-0.4, -0.2) is 16.7 Å². The average Bonchev–Trinajstić information content (AvgIpc) is 2.86. The van der Waals surface area contributed by atoms with Crippen molar-refractivity contribution in [1.29, 1.82) is 0 Å². The molecule has 0 aliphatic rings. The molecule has 1 unspecified atom stereocenters. The third-order valence-electron chi connectivity index (χ3n) is 3.04. The van der Waals surface area contributed by atoms with Crippen LogP contribution in [0.15, 0.2) is 18.2 Å². The van der Waals surface area contributed by atoms with E-state index < -0.39 is 11.9 Å². The third kappa shape index (κ3) is 2.81. The first-order chi connectivity index (χ1) is 9.34. The molecule has 0 radical (unpaired) electrons. The Hall–Kier alpha value is -1.53. The van der Waals surface area contributed by atoms with Gasteiger partial charge in [0, 0.05) is 5.41 Å². The van der Waals surface area contributed by atoms with Crippen molar-refractivity contribution in [3.63, 3.8) is 0 Å². The summed E-state index contributed by atoms with van der Waals surface area (Å²) in [5.41, 5.74) is 7.63. The van der Waals surface area contributed by atoms with Crippen LogP contribution in [0.2, 0.25) is 0 Å². The summed E-state index contributed by atoms with van der Waals surface area (Å²) >= 11 is 1.26. The molecule has 20 heavy (non-hydrogen) atoms. The minimum Gasteiger partial charge on any atom is -0.494 e. The largest absolute Gasteiger partial charge is 0.494 e. The molecular formula is C14H18FN3OS. The molecule has 0 amide bonds. The van der Waals surface area contributed by atoms with Crippen LogP contribution in [-0.2, 0) is 5.41 Å². The number of hydrogen-bond acceptors (Lipinski definition) is 5. The van der Waals surface area contributed by atoms with Gasteiger partial charge in [-0.25, -0.2) is 4.39 Å². The van der Waals surface area contributed by atoms with Crippen molar-refractivity contribution >= 4 is 11.5 Å². The Morgan fingerprint density at radius 2 is 2.05 bits per heavy atom. The summed E-state index contributed by atoms with van der Waals surface area (Å²) in [6, 6.07) is 4.30. The van der Waals surface area contributed by atoms with Gasteiger partial charge in [-0.05, 0) is 29.2 Å². The van der Waals surface area contributed by atoms with Gasteiger partial charge >= 0.3 is 0 Å². The van der Waals surface area contributed by atoms with Crippen LogP contribution < -0.4 is 10.5 Å². The number of methoxy groups -OCH3 is 1. The fourth-order valence-corrected chi connectivity index (χ4v) is 2.84. The van der Waals surface area contributed by atoms with E-state index in [1.165, 1.54) is 24.7 Å². The molecule has 2 aromatic rings. The zero-order chi connectivity index (χ0) is 14.9. The van der Waals surface area contributed by atoms with E-state index in [9.17, 15) is 4.39 Å². The molecule has 1 aromatic carbocycles. The van der Waals surface area contributed by atoms with E-state index in [2.05, 4.69) is 30.4 Å². The molecule has 0 aliphatic heterocycles. The van der Waals surface area contributed by atoms with Gasteiger partial charge in [0.1, 0.15) is 0 Å². The highest BCUT2D eigenvalue weighted by Gasteiger charge is 2.26. The summed E-state index contributed by atoms with van der Waals surface area (Å²) < 4.78 is 22.7. The number of hydrogen-bond donors (Lipinski definition) is 1. The van der Waals surface area contributed by atoms with Crippen molar-refractivity contribution in [2.45, 2.75) is 32.2 Å². The van der Waals surface area contributed by atoms with Crippen LogP contribution in [0.25, 0.3) is 0 Å². The number of rotatable bonds is 3. The minimum atomic E-state index is -0.440. The van der Waals surface area contributed by atoms with Crippen LogP contribution in [0.3, 0.4) is 0 Å². The molecule has 2 N–H and O–H groups in total. The summed E-state index contributed by atoms with van der Waals surface area (Å²) in [6.45, 7) is 6.15. The lowest BCUT2D eigenvalue weighted by atomic mass is 9.89. The fraction of sp³-hybridized carbons (Fsp3) is 0.429. The Kier molecular flexibility index (Phi) is 4.06. The quantitative estimate of drug-likeness (QED) is 0.945. The highest BCUT2D eigenvalue weighted by molar-refractivity contribution is 7.05. The van der Waals surface area contributed by atoms with Crippen molar-refractivity contribution in [1.82, 2.24) is 9.59 Å². The summed E-state index contributed by atoms with van der Waals surface area (Å²) in [5.74, 6) is -0.213. The average molecular weight is 295 g/mol. The van der Waals surface area contributed by atoms with Gasteiger partial charge in [-0.15, -0.1) is 5.10 Å². The predicted molar refractivity (Wildman–Crippen MR) is 77.6 cm³/mol. The van der Waals surface area contributed by atoms with Crippen molar-refractivity contribution in [3.8, 4) is 5.75 Å². The lowest BCUT2D eigenvalue weighted by molar-refractivity contribution is 0.386. The fourth-order valence-electron chi connectivity index (χ4n) is 1.95. The summed E-state index contributed by atoms with van der Waals surface area (Å²) in [5, 5.41) is 4.16. The first-order valence-electron chi connectivity index (χ1n) is 6.26. The van der Waals surface area contributed by atoms with Gasteiger partial charge in [0.15, 0.2) is 11.6 Å². The SMILES string of the molecule is COc1ccc(C(N)c2snnc2C(C)(C)C)cc1F. The zero-order valence-corrected chi connectivity index (χ0v) is 12.8. The van der Waals surface area contributed by atoms with Gasteiger partial charge in [0.25, 0.3) is 0 Å². The van der Waals surface area contributed by atoms with Crippen LogP contribution >= 0.6 is 11.5 Å². The Labute approximate surface area is 121 Å². The maximum absolute atomic E-state index is 13.8. The minimum absolute atomic E-state index is 0.148. The van der Waals surface area contributed by atoms with Crippen molar-refractivity contribution in [2.75, 3.05) is 7.11 Å². The number of ether oxygens (including phenoxy) is 1. The molecule has 0 bridgehead atoms. The summed E-state index contributed by atoms with van der Waals surface area (Å²) in [4.78, 5) is 0.863.